The van der Waals surface area contributed by atoms with Gasteiger partial charge in [-0.05, 0) is 64.2 Å². The van der Waals surface area contributed by atoms with Crippen LogP contribution >= 0.6 is 0 Å². The monoisotopic (exact) mass is 649 g/mol. The SMILES string of the molecule is CCCCCCCC/C=C\CCCCCCCCCC(=O)OC(CCCCCCCCCCCCCC)CCCCCCC(=O)O. The smallest absolute Gasteiger partial charge is 0.306 e. The van der Waals surface area contributed by atoms with Crippen molar-refractivity contribution < 1.29 is 19.4 Å². The maximum atomic E-state index is 12.6. The zero-order valence-electron chi connectivity index (χ0n) is 31.2. The van der Waals surface area contributed by atoms with E-state index in [0.29, 0.717) is 6.42 Å². The van der Waals surface area contributed by atoms with Crippen molar-refractivity contribution in [2.24, 2.45) is 0 Å². The van der Waals surface area contributed by atoms with Crippen LogP contribution in [-0.2, 0) is 14.3 Å². The molecule has 0 aliphatic heterocycles. The summed E-state index contributed by atoms with van der Waals surface area (Å²) in [5.74, 6) is -0.719. The first-order chi connectivity index (χ1) is 22.6. The third-order valence-electron chi connectivity index (χ3n) is 9.49. The summed E-state index contributed by atoms with van der Waals surface area (Å²) in [6.45, 7) is 4.55. The van der Waals surface area contributed by atoms with Crippen molar-refractivity contribution in [1.82, 2.24) is 0 Å². The Balaban J connectivity index is 3.94. The molecule has 0 aromatic carbocycles. The number of unbranched alkanes of at least 4 members (excludes halogenated alkanes) is 27. The molecule has 0 bridgehead atoms. The van der Waals surface area contributed by atoms with Crippen LogP contribution in [0.2, 0.25) is 0 Å². The third-order valence-corrected chi connectivity index (χ3v) is 9.49. The summed E-state index contributed by atoms with van der Waals surface area (Å²) in [6.07, 6.45) is 46.6. The van der Waals surface area contributed by atoms with Gasteiger partial charge in [0.15, 0.2) is 0 Å². The predicted octanol–water partition coefficient (Wildman–Crippen LogP) is 14.2. The van der Waals surface area contributed by atoms with Crippen LogP contribution in [-0.4, -0.2) is 23.1 Å². The fourth-order valence-corrected chi connectivity index (χ4v) is 6.42. The molecule has 0 heterocycles. The molecule has 0 radical (unpaired) electrons. The van der Waals surface area contributed by atoms with E-state index in [0.717, 1.165) is 57.8 Å². The van der Waals surface area contributed by atoms with Crippen molar-refractivity contribution in [1.29, 1.82) is 0 Å². The Morgan fingerprint density at radius 2 is 0.783 bits per heavy atom. The van der Waals surface area contributed by atoms with Crippen LogP contribution in [0, 0.1) is 0 Å². The van der Waals surface area contributed by atoms with Gasteiger partial charge in [0.1, 0.15) is 6.10 Å². The summed E-state index contributed by atoms with van der Waals surface area (Å²) in [5, 5.41) is 8.85. The maximum Gasteiger partial charge on any atom is 0.306 e. The molecule has 0 rings (SSSR count). The molecule has 1 N–H and O–H groups in total. The van der Waals surface area contributed by atoms with Crippen LogP contribution in [0.1, 0.15) is 239 Å². The van der Waals surface area contributed by atoms with Crippen molar-refractivity contribution in [2.75, 3.05) is 0 Å². The van der Waals surface area contributed by atoms with Crippen molar-refractivity contribution in [3.63, 3.8) is 0 Å². The normalized spacial score (nSPS) is 12.2. The second kappa shape index (κ2) is 38.1. The summed E-state index contributed by atoms with van der Waals surface area (Å²) >= 11 is 0. The van der Waals surface area contributed by atoms with Gasteiger partial charge in [0.25, 0.3) is 0 Å². The van der Waals surface area contributed by atoms with E-state index in [1.54, 1.807) is 0 Å². The molecule has 0 aliphatic carbocycles. The molecule has 0 amide bonds. The Kier molecular flexibility index (Phi) is 37.0. The summed E-state index contributed by atoms with van der Waals surface area (Å²) in [6, 6.07) is 0. The standard InChI is InChI=1S/C42H80O4/c1-3-5-7-9-11-13-15-17-18-19-20-21-23-25-27-29-35-39-42(45)46-40(37-33-30-31-34-38-41(43)44)36-32-28-26-24-22-16-14-12-10-8-6-4-2/h17-18,40H,3-16,19-39H2,1-2H3,(H,43,44)/b18-17-. The van der Waals surface area contributed by atoms with E-state index in [-0.39, 0.29) is 18.5 Å². The summed E-state index contributed by atoms with van der Waals surface area (Å²) < 4.78 is 5.98. The first kappa shape index (κ1) is 44.7. The first-order valence-corrected chi connectivity index (χ1v) is 20.7. The Morgan fingerprint density at radius 1 is 0.457 bits per heavy atom. The van der Waals surface area contributed by atoms with Gasteiger partial charge in [-0.2, -0.15) is 0 Å². The number of carbonyl (C=O) groups is 2. The van der Waals surface area contributed by atoms with Crippen molar-refractivity contribution in [3.8, 4) is 0 Å². The Bertz CT molecular complexity index is 658. The minimum Gasteiger partial charge on any atom is -0.481 e. The number of rotatable bonds is 38. The number of hydrogen-bond acceptors (Lipinski definition) is 3. The lowest BCUT2D eigenvalue weighted by molar-refractivity contribution is -0.150. The Morgan fingerprint density at radius 3 is 1.17 bits per heavy atom. The lowest BCUT2D eigenvalue weighted by atomic mass is 10.0. The first-order valence-electron chi connectivity index (χ1n) is 20.7. The molecule has 0 saturated carbocycles. The van der Waals surface area contributed by atoms with Gasteiger partial charge in [-0.15, -0.1) is 0 Å². The fourth-order valence-electron chi connectivity index (χ4n) is 6.42. The second-order valence-electron chi connectivity index (χ2n) is 14.2. The van der Waals surface area contributed by atoms with E-state index in [2.05, 4.69) is 26.0 Å². The molecular formula is C42H80O4. The maximum absolute atomic E-state index is 12.6. The molecule has 0 fully saturated rings. The molecule has 0 aliphatic rings. The minimum absolute atomic E-state index is 0.0115. The highest BCUT2D eigenvalue weighted by molar-refractivity contribution is 5.69. The molecule has 0 saturated heterocycles. The second-order valence-corrected chi connectivity index (χ2v) is 14.2. The van der Waals surface area contributed by atoms with Crippen LogP contribution in [0.3, 0.4) is 0 Å². The van der Waals surface area contributed by atoms with Gasteiger partial charge in [0, 0.05) is 12.8 Å². The van der Waals surface area contributed by atoms with Gasteiger partial charge in [-0.25, -0.2) is 0 Å². The topological polar surface area (TPSA) is 63.6 Å². The van der Waals surface area contributed by atoms with E-state index in [9.17, 15) is 9.59 Å². The van der Waals surface area contributed by atoms with Gasteiger partial charge in [0.05, 0.1) is 0 Å². The minimum atomic E-state index is -0.708. The van der Waals surface area contributed by atoms with Crippen molar-refractivity contribution in [3.05, 3.63) is 12.2 Å². The van der Waals surface area contributed by atoms with Gasteiger partial charge in [0.2, 0.25) is 0 Å². The lowest BCUT2D eigenvalue weighted by Gasteiger charge is -2.18. The number of carbonyl (C=O) groups excluding carboxylic acids is 1. The highest BCUT2D eigenvalue weighted by Gasteiger charge is 2.14. The van der Waals surface area contributed by atoms with Gasteiger partial charge in [-0.3, -0.25) is 9.59 Å². The average molecular weight is 649 g/mol. The van der Waals surface area contributed by atoms with Crippen LogP contribution in [0.25, 0.3) is 0 Å². The molecule has 1 unspecified atom stereocenters. The zero-order valence-corrected chi connectivity index (χ0v) is 31.2. The number of esters is 1. The quantitative estimate of drug-likeness (QED) is 0.0411. The van der Waals surface area contributed by atoms with Crippen LogP contribution in [0.4, 0.5) is 0 Å². The molecular weight excluding hydrogens is 568 g/mol. The third kappa shape index (κ3) is 37.1. The molecule has 0 aromatic rings. The molecule has 0 spiro atoms. The molecule has 0 aromatic heterocycles. The number of carboxylic acid groups (broad SMARTS) is 1. The largest absolute Gasteiger partial charge is 0.481 e. The number of aliphatic carboxylic acids is 1. The highest BCUT2D eigenvalue weighted by Crippen LogP contribution is 2.19. The summed E-state index contributed by atoms with van der Waals surface area (Å²) in [7, 11) is 0. The molecule has 4 heteroatoms. The van der Waals surface area contributed by atoms with E-state index >= 15 is 0 Å². The summed E-state index contributed by atoms with van der Waals surface area (Å²) in [5.41, 5.74) is 0. The predicted molar refractivity (Wildman–Crippen MR) is 200 cm³/mol. The van der Waals surface area contributed by atoms with E-state index < -0.39 is 5.97 Å². The number of allylic oxidation sites excluding steroid dienone is 2. The van der Waals surface area contributed by atoms with Crippen molar-refractivity contribution >= 4 is 11.9 Å². The van der Waals surface area contributed by atoms with E-state index in [1.165, 1.54) is 154 Å². The fraction of sp³-hybridized carbons (Fsp3) is 0.905. The van der Waals surface area contributed by atoms with Gasteiger partial charge < -0.3 is 9.84 Å². The van der Waals surface area contributed by atoms with Crippen LogP contribution in [0.15, 0.2) is 12.2 Å². The lowest BCUT2D eigenvalue weighted by Crippen LogP contribution is -2.18. The van der Waals surface area contributed by atoms with Crippen LogP contribution < -0.4 is 0 Å². The molecule has 272 valence electrons. The number of carboxylic acids is 1. The molecule has 4 nitrogen and oxygen atoms in total. The summed E-state index contributed by atoms with van der Waals surface area (Å²) in [4.78, 5) is 23.4. The zero-order chi connectivity index (χ0) is 33.6. The molecule has 1 atom stereocenters. The van der Waals surface area contributed by atoms with Gasteiger partial charge >= 0.3 is 11.9 Å². The Hall–Kier alpha value is -1.32. The average Bonchev–Trinajstić information content (AvgIpc) is 3.04. The van der Waals surface area contributed by atoms with Crippen LogP contribution in [0.5, 0.6) is 0 Å². The van der Waals surface area contributed by atoms with Crippen molar-refractivity contribution in [2.45, 2.75) is 245 Å². The van der Waals surface area contributed by atoms with Gasteiger partial charge in [-0.1, -0.05) is 174 Å². The van der Waals surface area contributed by atoms with E-state index in [4.69, 9.17) is 9.84 Å². The number of ether oxygens (including phenoxy) is 1. The highest BCUT2D eigenvalue weighted by atomic mass is 16.5. The number of hydrogen-bond donors (Lipinski definition) is 1. The Labute approximate surface area is 287 Å². The molecule has 46 heavy (non-hydrogen) atoms. The van der Waals surface area contributed by atoms with E-state index in [1.807, 2.05) is 0 Å².